The number of ether oxygens (including phenoxy) is 1. The lowest BCUT2D eigenvalue weighted by atomic mass is 9.98. The van der Waals surface area contributed by atoms with Crippen LogP contribution in [-0.2, 0) is 10.2 Å². The fraction of sp³-hybridized carbons (Fsp3) is 0.344. The van der Waals surface area contributed by atoms with Gasteiger partial charge in [0.25, 0.3) is 0 Å². The first-order valence-electron chi connectivity index (χ1n) is 15.0. The summed E-state index contributed by atoms with van der Waals surface area (Å²) in [4.78, 5) is 52.3. The highest BCUT2D eigenvalue weighted by Gasteiger charge is 2.42. The third-order valence-corrected chi connectivity index (χ3v) is 8.23. The van der Waals surface area contributed by atoms with Gasteiger partial charge in [-0.2, -0.15) is 4.90 Å². The number of carboxylic acid groups (broad SMARTS) is 1. The molecule has 0 spiro atoms. The molecular formula is C32H32N8O6. The highest BCUT2D eigenvalue weighted by molar-refractivity contribution is 6.18. The molecule has 14 heteroatoms. The summed E-state index contributed by atoms with van der Waals surface area (Å²) in [5.41, 5.74) is 2.17. The molecule has 4 heterocycles. The third-order valence-electron chi connectivity index (χ3n) is 8.23. The van der Waals surface area contributed by atoms with Crippen LogP contribution in [0.1, 0.15) is 65.1 Å². The Morgan fingerprint density at radius 2 is 1.87 bits per heavy atom. The SMILES string of the molecule is CC(C)(C)OC(=O)N(C(=O)O)c1ncnc2c1c(-c1ccc(NC(=O)Nc3cc(C4(C)CC4)no3)c3cnccc13)cn2C1CC1. The van der Waals surface area contributed by atoms with Crippen LogP contribution in [0.25, 0.3) is 32.9 Å². The highest BCUT2D eigenvalue weighted by Crippen LogP contribution is 2.48. The second-order valence-corrected chi connectivity index (χ2v) is 13.0. The minimum atomic E-state index is -1.54. The average molecular weight is 625 g/mol. The van der Waals surface area contributed by atoms with Gasteiger partial charge in [0.1, 0.15) is 17.6 Å². The lowest BCUT2D eigenvalue weighted by Gasteiger charge is -2.24. The van der Waals surface area contributed by atoms with Crippen LogP contribution in [0.5, 0.6) is 0 Å². The molecule has 3 N–H and O–H groups in total. The van der Waals surface area contributed by atoms with Crippen molar-refractivity contribution in [3.63, 3.8) is 0 Å². The third kappa shape index (κ3) is 5.35. The number of urea groups is 1. The van der Waals surface area contributed by atoms with E-state index in [2.05, 4.69) is 37.7 Å². The van der Waals surface area contributed by atoms with Crippen LogP contribution < -0.4 is 15.5 Å². The number of aromatic nitrogens is 5. The van der Waals surface area contributed by atoms with Crippen molar-refractivity contribution in [2.75, 3.05) is 15.5 Å². The van der Waals surface area contributed by atoms with E-state index in [0.29, 0.717) is 38.1 Å². The Morgan fingerprint density at radius 3 is 2.57 bits per heavy atom. The highest BCUT2D eigenvalue weighted by atomic mass is 16.6. The molecule has 4 aromatic heterocycles. The van der Waals surface area contributed by atoms with Crippen molar-refractivity contribution in [1.29, 1.82) is 0 Å². The van der Waals surface area contributed by atoms with Crippen molar-refractivity contribution in [3.8, 4) is 11.1 Å². The second-order valence-electron chi connectivity index (χ2n) is 13.0. The summed E-state index contributed by atoms with van der Waals surface area (Å²) in [5, 5.41) is 21.6. The molecule has 2 saturated carbocycles. The number of carbonyl (C=O) groups is 3. The van der Waals surface area contributed by atoms with Crippen LogP contribution in [0.15, 0.2) is 53.7 Å². The zero-order chi connectivity index (χ0) is 32.4. The number of pyridine rings is 1. The molecule has 2 aliphatic carbocycles. The minimum absolute atomic E-state index is 0.000455. The molecule has 1 aromatic carbocycles. The second kappa shape index (κ2) is 10.5. The number of nitrogens with one attached hydrogen (secondary N) is 2. The van der Waals surface area contributed by atoms with Crippen molar-refractivity contribution in [2.45, 2.75) is 70.4 Å². The van der Waals surface area contributed by atoms with Gasteiger partial charge in [0, 0.05) is 47.1 Å². The van der Waals surface area contributed by atoms with Crippen LogP contribution in [0, 0.1) is 0 Å². The largest absolute Gasteiger partial charge is 0.464 e. The van der Waals surface area contributed by atoms with Gasteiger partial charge in [0.15, 0.2) is 5.82 Å². The Labute approximate surface area is 262 Å². The Balaban J connectivity index is 1.30. The van der Waals surface area contributed by atoms with Crippen molar-refractivity contribution >= 4 is 57.4 Å². The van der Waals surface area contributed by atoms with Gasteiger partial charge < -0.3 is 24.3 Å². The van der Waals surface area contributed by atoms with E-state index >= 15 is 0 Å². The van der Waals surface area contributed by atoms with E-state index in [-0.39, 0.29) is 23.2 Å². The fourth-order valence-corrected chi connectivity index (χ4v) is 5.50. The van der Waals surface area contributed by atoms with E-state index in [9.17, 15) is 19.5 Å². The summed E-state index contributed by atoms with van der Waals surface area (Å²) >= 11 is 0. The smallest absolute Gasteiger partial charge is 0.425 e. The van der Waals surface area contributed by atoms with E-state index in [1.165, 1.54) is 6.33 Å². The van der Waals surface area contributed by atoms with Gasteiger partial charge in [0.2, 0.25) is 5.88 Å². The first kappa shape index (κ1) is 29.2. The summed E-state index contributed by atoms with van der Waals surface area (Å²) in [5.74, 6) is 0.129. The van der Waals surface area contributed by atoms with Gasteiger partial charge in [-0.3, -0.25) is 10.3 Å². The van der Waals surface area contributed by atoms with E-state index in [1.54, 1.807) is 51.4 Å². The molecule has 14 nitrogen and oxygen atoms in total. The predicted octanol–water partition coefficient (Wildman–Crippen LogP) is 7.08. The number of carbonyl (C=O) groups excluding carboxylic acids is 2. The molecule has 0 aliphatic heterocycles. The first-order valence-corrected chi connectivity index (χ1v) is 15.0. The number of hydrogen-bond acceptors (Lipinski definition) is 9. The number of fused-ring (bicyclic) bond motifs is 2. The Morgan fingerprint density at radius 1 is 1.09 bits per heavy atom. The number of nitrogens with zero attached hydrogens (tertiary/aromatic N) is 6. The summed E-state index contributed by atoms with van der Waals surface area (Å²) in [6, 6.07) is 6.76. The molecule has 0 unspecified atom stereocenters. The normalized spacial score (nSPS) is 15.5. The molecule has 0 bridgehead atoms. The molecule has 0 saturated heterocycles. The van der Waals surface area contributed by atoms with Gasteiger partial charge in [-0.15, -0.1) is 0 Å². The number of imide groups is 1. The number of hydrogen-bond donors (Lipinski definition) is 3. The first-order chi connectivity index (χ1) is 21.9. The molecule has 0 radical (unpaired) electrons. The summed E-state index contributed by atoms with van der Waals surface area (Å²) in [6.45, 7) is 7.07. The predicted molar refractivity (Wildman–Crippen MR) is 169 cm³/mol. The van der Waals surface area contributed by atoms with Crippen LogP contribution in [0.3, 0.4) is 0 Å². The van der Waals surface area contributed by atoms with Gasteiger partial charge in [0.05, 0.1) is 16.8 Å². The lowest BCUT2D eigenvalue weighted by molar-refractivity contribution is 0.0581. The number of amides is 4. The maximum atomic E-state index is 13.2. The van der Waals surface area contributed by atoms with E-state index in [4.69, 9.17) is 9.26 Å². The molecule has 5 aromatic rings. The number of benzene rings is 1. The Bertz CT molecular complexity index is 2040. The zero-order valence-electron chi connectivity index (χ0n) is 25.7. The molecule has 2 aliphatic rings. The van der Waals surface area contributed by atoms with Crippen molar-refractivity contribution in [2.24, 2.45) is 0 Å². The van der Waals surface area contributed by atoms with Gasteiger partial charge >= 0.3 is 18.2 Å². The molecule has 7 rings (SSSR count). The summed E-state index contributed by atoms with van der Waals surface area (Å²) in [6.07, 6.45) is 7.74. The van der Waals surface area contributed by atoms with Gasteiger partial charge in [-0.05, 0) is 69.5 Å². The Kier molecular flexibility index (Phi) is 6.69. The van der Waals surface area contributed by atoms with E-state index < -0.39 is 23.8 Å². The maximum Gasteiger partial charge on any atom is 0.425 e. The lowest BCUT2D eigenvalue weighted by Crippen LogP contribution is -2.40. The molecule has 46 heavy (non-hydrogen) atoms. The minimum Gasteiger partial charge on any atom is -0.464 e. The van der Waals surface area contributed by atoms with Crippen LogP contribution in [-0.4, -0.2) is 53.6 Å². The standard InChI is InChI=1S/C32H32N8O6/c1-31(2,3)45-30(44)40(29(42)43)27-25-21(15-39(17-5-6-17)26(25)34-16-35-27)18-7-8-22(20-14-33-12-9-19(18)20)36-28(41)37-24-13-23(38-46-24)32(4)10-11-32/h7-9,12-17H,5-6,10-11H2,1-4H3,(H,42,43)(H2,36,37,41). The quantitative estimate of drug-likeness (QED) is 0.177. The summed E-state index contributed by atoms with van der Waals surface area (Å²) in [7, 11) is 0. The maximum absolute atomic E-state index is 13.2. The van der Waals surface area contributed by atoms with Crippen LogP contribution in [0.2, 0.25) is 0 Å². The molecule has 236 valence electrons. The number of rotatable bonds is 6. The van der Waals surface area contributed by atoms with Crippen molar-refractivity contribution in [1.82, 2.24) is 24.7 Å². The van der Waals surface area contributed by atoms with Crippen LogP contribution >= 0.6 is 0 Å². The average Bonchev–Trinajstić information content (AvgIpc) is 3.89. The summed E-state index contributed by atoms with van der Waals surface area (Å²) < 4.78 is 12.8. The van der Waals surface area contributed by atoms with Crippen molar-refractivity contribution in [3.05, 3.63) is 54.9 Å². The Hall–Kier alpha value is -5.53. The molecular weight excluding hydrogens is 592 g/mol. The van der Waals surface area contributed by atoms with Crippen molar-refractivity contribution < 1.29 is 28.8 Å². The van der Waals surface area contributed by atoms with E-state index in [0.717, 1.165) is 36.8 Å². The molecule has 2 fully saturated rings. The van der Waals surface area contributed by atoms with Gasteiger partial charge in [-0.25, -0.2) is 24.4 Å². The number of anilines is 3. The van der Waals surface area contributed by atoms with E-state index in [1.807, 2.05) is 16.8 Å². The monoisotopic (exact) mass is 624 g/mol. The van der Waals surface area contributed by atoms with Crippen LogP contribution in [0.4, 0.5) is 31.8 Å². The zero-order valence-corrected chi connectivity index (χ0v) is 25.7. The molecule has 0 atom stereocenters. The topological polar surface area (TPSA) is 178 Å². The molecule has 4 amide bonds. The fourth-order valence-electron chi connectivity index (χ4n) is 5.50. The van der Waals surface area contributed by atoms with Gasteiger partial charge in [-0.1, -0.05) is 18.1 Å².